The van der Waals surface area contributed by atoms with Crippen molar-refractivity contribution in [3.05, 3.63) is 102 Å². The Morgan fingerprint density at radius 1 is 1.06 bits per heavy atom. The quantitative estimate of drug-likeness (QED) is 0.284. The summed E-state index contributed by atoms with van der Waals surface area (Å²) in [6, 6.07) is 18.4. The summed E-state index contributed by atoms with van der Waals surface area (Å²) >= 11 is 5.96. The van der Waals surface area contributed by atoms with E-state index in [1.54, 1.807) is 0 Å². The third-order valence-corrected chi connectivity index (χ3v) is 5.99. The first-order chi connectivity index (χ1) is 15.7. The Balaban J connectivity index is 1.65. The summed E-state index contributed by atoms with van der Waals surface area (Å²) in [4.78, 5) is 4.66. The zero-order chi connectivity index (χ0) is 24.0. The van der Waals surface area contributed by atoms with Gasteiger partial charge in [-0.15, -0.1) is 0 Å². The van der Waals surface area contributed by atoms with Gasteiger partial charge in [0.1, 0.15) is 0 Å². The number of nitrogens with one attached hydrogen (secondary N) is 2. The standard InChI is InChI=1S/C28H32ClN3O/c1-19-15-24(17-31-27(19)20(2)32-18-28(4,5)21(3)33)23-7-6-8-26(16-23)30-14-13-22-9-11-25(29)12-10-22/h6-12,15-17,30,32-33H,2-3,13-14,18H2,1,4-5H3. The van der Waals surface area contributed by atoms with E-state index in [2.05, 4.69) is 65.2 Å². The molecule has 2 aromatic carbocycles. The van der Waals surface area contributed by atoms with Gasteiger partial charge in [0.05, 0.1) is 17.2 Å². The molecule has 0 saturated carbocycles. The van der Waals surface area contributed by atoms with Crippen molar-refractivity contribution in [3.63, 3.8) is 0 Å². The van der Waals surface area contributed by atoms with Crippen LogP contribution in [0.4, 0.5) is 5.69 Å². The van der Waals surface area contributed by atoms with Crippen molar-refractivity contribution in [2.24, 2.45) is 5.41 Å². The SMILES string of the molecule is C=C(NCC(C)(C)C(=C)O)c1ncc(-c2cccc(NCCc3ccc(Cl)cc3)c2)cc1C. The molecule has 0 aliphatic heterocycles. The Kier molecular flexibility index (Phi) is 7.83. The lowest BCUT2D eigenvalue weighted by Gasteiger charge is -2.25. The predicted molar refractivity (Wildman–Crippen MR) is 141 cm³/mol. The number of anilines is 1. The van der Waals surface area contributed by atoms with E-state index in [0.717, 1.165) is 51.8 Å². The highest BCUT2D eigenvalue weighted by Crippen LogP contribution is 2.26. The fraction of sp³-hybridized carbons (Fsp3) is 0.250. The number of pyridine rings is 1. The Hall–Kier alpha value is -3.24. The van der Waals surface area contributed by atoms with E-state index in [4.69, 9.17) is 11.6 Å². The highest BCUT2D eigenvalue weighted by molar-refractivity contribution is 6.30. The minimum Gasteiger partial charge on any atom is -0.512 e. The molecule has 1 heterocycles. The molecular weight excluding hydrogens is 430 g/mol. The number of benzene rings is 2. The Labute approximate surface area is 202 Å². The molecule has 0 fully saturated rings. The molecule has 0 unspecified atom stereocenters. The number of aromatic nitrogens is 1. The normalized spacial score (nSPS) is 11.2. The Morgan fingerprint density at radius 2 is 1.79 bits per heavy atom. The summed E-state index contributed by atoms with van der Waals surface area (Å²) in [5.41, 5.74) is 6.60. The average Bonchev–Trinajstić information content (AvgIpc) is 2.79. The summed E-state index contributed by atoms with van der Waals surface area (Å²) in [6.07, 6.45) is 2.80. The molecule has 3 N–H and O–H groups in total. The van der Waals surface area contributed by atoms with Crippen molar-refractivity contribution >= 4 is 23.0 Å². The van der Waals surface area contributed by atoms with E-state index in [-0.39, 0.29) is 5.76 Å². The van der Waals surface area contributed by atoms with Crippen LogP contribution in [-0.2, 0) is 6.42 Å². The zero-order valence-corrected chi connectivity index (χ0v) is 20.3. The number of aliphatic hydroxyl groups is 1. The van der Waals surface area contributed by atoms with E-state index in [0.29, 0.717) is 6.54 Å². The fourth-order valence-corrected chi connectivity index (χ4v) is 3.50. The smallest absolute Gasteiger partial charge is 0.0924 e. The van der Waals surface area contributed by atoms with Gasteiger partial charge >= 0.3 is 0 Å². The molecule has 0 bridgehead atoms. The zero-order valence-electron chi connectivity index (χ0n) is 19.6. The predicted octanol–water partition coefficient (Wildman–Crippen LogP) is 7.02. The molecule has 5 heteroatoms. The number of aliphatic hydroxyl groups excluding tert-OH is 1. The number of hydrogen-bond donors (Lipinski definition) is 3. The maximum absolute atomic E-state index is 9.74. The van der Waals surface area contributed by atoms with Crippen LogP contribution in [0.25, 0.3) is 16.8 Å². The monoisotopic (exact) mass is 461 g/mol. The minimum absolute atomic E-state index is 0.143. The van der Waals surface area contributed by atoms with E-state index in [1.165, 1.54) is 5.56 Å². The molecule has 0 spiro atoms. The second-order valence-electron chi connectivity index (χ2n) is 8.94. The van der Waals surface area contributed by atoms with Crippen LogP contribution in [0, 0.1) is 12.3 Å². The molecule has 0 radical (unpaired) electrons. The minimum atomic E-state index is -0.447. The number of halogens is 1. The van der Waals surface area contributed by atoms with Crippen LogP contribution >= 0.6 is 11.6 Å². The Morgan fingerprint density at radius 3 is 2.45 bits per heavy atom. The lowest BCUT2D eigenvalue weighted by Crippen LogP contribution is -2.30. The van der Waals surface area contributed by atoms with Crippen LogP contribution in [0.2, 0.25) is 5.02 Å². The van der Waals surface area contributed by atoms with Crippen LogP contribution in [0.1, 0.15) is 30.7 Å². The third-order valence-electron chi connectivity index (χ3n) is 5.74. The molecule has 4 nitrogen and oxygen atoms in total. The van der Waals surface area contributed by atoms with E-state index >= 15 is 0 Å². The molecule has 33 heavy (non-hydrogen) atoms. The maximum atomic E-state index is 9.74. The van der Waals surface area contributed by atoms with Crippen molar-refractivity contribution in [1.82, 2.24) is 10.3 Å². The summed E-state index contributed by atoms with van der Waals surface area (Å²) < 4.78 is 0. The van der Waals surface area contributed by atoms with E-state index in [9.17, 15) is 5.11 Å². The van der Waals surface area contributed by atoms with Crippen LogP contribution in [0.15, 0.2) is 79.7 Å². The molecule has 0 amide bonds. The highest BCUT2D eigenvalue weighted by Gasteiger charge is 2.22. The van der Waals surface area contributed by atoms with Gasteiger partial charge in [0.15, 0.2) is 0 Å². The van der Waals surface area contributed by atoms with Gasteiger partial charge in [0, 0.05) is 41.0 Å². The molecular formula is C28H32ClN3O. The van der Waals surface area contributed by atoms with Gasteiger partial charge in [0.25, 0.3) is 0 Å². The molecule has 0 saturated heterocycles. The third kappa shape index (κ3) is 6.62. The van der Waals surface area contributed by atoms with Crippen molar-refractivity contribution < 1.29 is 5.11 Å². The summed E-state index contributed by atoms with van der Waals surface area (Å²) in [6.45, 7) is 15.0. The second kappa shape index (κ2) is 10.6. The van der Waals surface area contributed by atoms with Crippen molar-refractivity contribution in [3.8, 4) is 11.1 Å². The first kappa shape index (κ1) is 24.4. The van der Waals surface area contributed by atoms with Crippen LogP contribution in [-0.4, -0.2) is 23.2 Å². The number of nitrogens with zero attached hydrogens (tertiary/aromatic N) is 1. The average molecular weight is 462 g/mol. The van der Waals surface area contributed by atoms with Crippen LogP contribution < -0.4 is 10.6 Å². The van der Waals surface area contributed by atoms with Gasteiger partial charge in [-0.25, -0.2) is 0 Å². The maximum Gasteiger partial charge on any atom is 0.0924 e. The second-order valence-corrected chi connectivity index (χ2v) is 9.37. The molecule has 3 rings (SSSR count). The Bertz CT molecular complexity index is 1140. The van der Waals surface area contributed by atoms with Gasteiger partial charge in [-0.2, -0.15) is 0 Å². The lowest BCUT2D eigenvalue weighted by molar-refractivity contribution is 0.259. The van der Waals surface area contributed by atoms with E-state index < -0.39 is 5.41 Å². The number of hydrogen-bond acceptors (Lipinski definition) is 4. The topological polar surface area (TPSA) is 57.2 Å². The van der Waals surface area contributed by atoms with Crippen LogP contribution in [0.3, 0.4) is 0 Å². The van der Waals surface area contributed by atoms with Gasteiger partial charge < -0.3 is 15.7 Å². The van der Waals surface area contributed by atoms with Gasteiger partial charge in [-0.05, 0) is 60.4 Å². The van der Waals surface area contributed by atoms with Gasteiger partial charge in [-0.3, -0.25) is 4.98 Å². The first-order valence-electron chi connectivity index (χ1n) is 11.0. The fourth-order valence-electron chi connectivity index (χ4n) is 3.37. The number of aryl methyl sites for hydroxylation is 1. The summed E-state index contributed by atoms with van der Waals surface area (Å²) in [5, 5.41) is 17.3. The molecule has 0 aliphatic carbocycles. The highest BCUT2D eigenvalue weighted by atomic mass is 35.5. The molecule has 0 atom stereocenters. The van der Waals surface area contributed by atoms with E-state index in [1.807, 2.05) is 45.2 Å². The van der Waals surface area contributed by atoms with Crippen molar-refractivity contribution in [1.29, 1.82) is 0 Å². The molecule has 3 aromatic rings. The van der Waals surface area contributed by atoms with Crippen LogP contribution in [0.5, 0.6) is 0 Å². The first-order valence-corrected chi connectivity index (χ1v) is 11.4. The van der Waals surface area contributed by atoms with Gasteiger partial charge in [0.2, 0.25) is 0 Å². The molecule has 1 aromatic heterocycles. The molecule has 0 aliphatic rings. The number of rotatable bonds is 10. The largest absolute Gasteiger partial charge is 0.512 e. The summed E-state index contributed by atoms with van der Waals surface area (Å²) in [7, 11) is 0. The summed E-state index contributed by atoms with van der Waals surface area (Å²) in [5.74, 6) is 0.143. The lowest BCUT2D eigenvalue weighted by atomic mass is 9.91. The van der Waals surface area contributed by atoms with Crippen molar-refractivity contribution in [2.75, 3.05) is 18.4 Å². The molecule has 172 valence electrons. The van der Waals surface area contributed by atoms with Gasteiger partial charge in [-0.1, -0.05) is 62.9 Å². The van der Waals surface area contributed by atoms with Crippen molar-refractivity contribution in [2.45, 2.75) is 27.2 Å².